The molecule has 0 aromatic heterocycles. The van der Waals surface area contributed by atoms with Crippen LogP contribution in [-0.4, -0.2) is 32.1 Å². The molecule has 0 aliphatic carbocycles. The van der Waals surface area contributed by atoms with Crippen LogP contribution in [0.1, 0.15) is 29.5 Å². The van der Waals surface area contributed by atoms with Gasteiger partial charge in [0, 0.05) is 6.42 Å². The third-order valence-electron chi connectivity index (χ3n) is 3.75. The van der Waals surface area contributed by atoms with Crippen LogP contribution in [-0.2, 0) is 6.42 Å². The van der Waals surface area contributed by atoms with Crippen LogP contribution in [0.3, 0.4) is 0 Å². The highest BCUT2D eigenvalue weighted by atomic mass is 16.5. The van der Waals surface area contributed by atoms with Crippen molar-refractivity contribution < 1.29 is 4.74 Å². The molecule has 0 radical (unpaired) electrons. The maximum Gasteiger partial charge on any atom is 0.122 e. The van der Waals surface area contributed by atoms with E-state index in [1.54, 1.807) is 0 Å². The summed E-state index contributed by atoms with van der Waals surface area (Å²) in [6, 6.07) is 17.1. The van der Waals surface area contributed by atoms with Crippen LogP contribution in [0.2, 0.25) is 0 Å². The first-order chi connectivity index (χ1) is 10.6. The molecule has 0 fully saturated rings. The highest BCUT2D eigenvalue weighted by Gasteiger charge is 2.04. The van der Waals surface area contributed by atoms with E-state index >= 15 is 0 Å². The van der Waals surface area contributed by atoms with Crippen molar-refractivity contribution >= 4 is 0 Å². The van der Waals surface area contributed by atoms with Crippen LogP contribution in [0, 0.1) is 6.92 Å². The number of aryl methyl sites for hydroxylation is 1. The Kier molecular flexibility index (Phi) is 6.47. The van der Waals surface area contributed by atoms with Gasteiger partial charge in [0.1, 0.15) is 5.75 Å². The number of benzene rings is 2. The number of unbranched alkanes of at least 4 members (excludes halogenated alkanes) is 1. The quantitative estimate of drug-likeness (QED) is 0.673. The molecule has 2 aromatic carbocycles. The fourth-order valence-corrected chi connectivity index (χ4v) is 2.43. The van der Waals surface area contributed by atoms with Crippen LogP contribution in [0.5, 0.6) is 5.75 Å². The molecule has 0 amide bonds. The van der Waals surface area contributed by atoms with E-state index in [9.17, 15) is 0 Å². The fourth-order valence-electron chi connectivity index (χ4n) is 2.43. The molecule has 0 N–H and O–H groups in total. The molecule has 2 nitrogen and oxygen atoms in total. The van der Waals surface area contributed by atoms with E-state index < -0.39 is 0 Å². The minimum Gasteiger partial charge on any atom is -0.493 e. The van der Waals surface area contributed by atoms with E-state index in [2.05, 4.69) is 68.4 Å². The normalized spacial score (nSPS) is 10.9. The van der Waals surface area contributed by atoms with Crippen molar-refractivity contribution in [1.29, 1.82) is 0 Å². The zero-order chi connectivity index (χ0) is 15.8. The lowest BCUT2D eigenvalue weighted by molar-refractivity contribution is 0.291. The Hall–Kier alpha value is -1.80. The summed E-state index contributed by atoms with van der Waals surface area (Å²) in [5, 5.41) is 0. The van der Waals surface area contributed by atoms with Crippen molar-refractivity contribution in [3.05, 3.63) is 65.2 Å². The van der Waals surface area contributed by atoms with Gasteiger partial charge in [-0.25, -0.2) is 0 Å². The van der Waals surface area contributed by atoms with Crippen LogP contribution in [0.25, 0.3) is 0 Å². The molecule has 0 atom stereocenters. The number of nitrogens with zero attached hydrogens (tertiary/aromatic N) is 1. The van der Waals surface area contributed by atoms with E-state index in [0.29, 0.717) is 0 Å². The van der Waals surface area contributed by atoms with Gasteiger partial charge in [-0.05, 0) is 57.6 Å². The van der Waals surface area contributed by atoms with E-state index in [1.807, 2.05) is 6.07 Å². The van der Waals surface area contributed by atoms with E-state index in [0.717, 1.165) is 31.7 Å². The lowest BCUT2D eigenvalue weighted by atomic mass is 10.0. The predicted octanol–water partition coefficient (Wildman–Crippen LogP) is 4.31. The third kappa shape index (κ3) is 5.53. The van der Waals surface area contributed by atoms with E-state index in [4.69, 9.17) is 4.74 Å². The van der Waals surface area contributed by atoms with E-state index in [-0.39, 0.29) is 0 Å². The number of rotatable bonds is 8. The standard InChI is InChI=1S/C20H27NO/c1-17-10-12-18(13-11-17)16-19-8-4-5-9-20(19)22-15-7-6-14-21(2)3/h4-5,8-13H,6-7,14-16H2,1-3H3. The lowest BCUT2D eigenvalue weighted by Crippen LogP contribution is -2.13. The van der Waals surface area contributed by atoms with Gasteiger partial charge in [-0.15, -0.1) is 0 Å². The molecule has 0 aliphatic heterocycles. The first-order valence-electron chi connectivity index (χ1n) is 8.06. The van der Waals surface area contributed by atoms with Gasteiger partial charge < -0.3 is 9.64 Å². The maximum atomic E-state index is 6.00. The van der Waals surface area contributed by atoms with Crippen molar-refractivity contribution in [3.8, 4) is 5.75 Å². The number of hydrogen-bond donors (Lipinski definition) is 0. The van der Waals surface area contributed by atoms with Crippen molar-refractivity contribution in [1.82, 2.24) is 4.90 Å². The average molecular weight is 297 g/mol. The number of para-hydroxylation sites is 1. The topological polar surface area (TPSA) is 12.5 Å². The second kappa shape index (κ2) is 8.60. The summed E-state index contributed by atoms with van der Waals surface area (Å²) in [4.78, 5) is 2.21. The Morgan fingerprint density at radius 1 is 0.909 bits per heavy atom. The average Bonchev–Trinajstić information content (AvgIpc) is 2.50. The summed E-state index contributed by atoms with van der Waals surface area (Å²) in [6.07, 6.45) is 3.19. The predicted molar refractivity (Wildman–Crippen MR) is 93.7 cm³/mol. The summed E-state index contributed by atoms with van der Waals surface area (Å²) in [6.45, 7) is 4.03. The second-order valence-electron chi connectivity index (χ2n) is 6.13. The maximum absolute atomic E-state index is 6.00. The minimum absolute atomic E-state index is 0.790. The Balaban J connectivity index is 1.90. The molecule has 0 saturated carbocycles. The molecule has 2 heteroatoms. The smallest absolute Gasteiger partial charge is 0.122 e. The van der Waals surface area contributed by atoms with Gasteiger partial charge in [0.2, 0.25) is 0 Å². The van der Waals surface area contributed by atoms with Gasteiger partial charge in [-0.2, -0.15) is 0 Å². The second-order valence-corrected chi connectivity index (χ2v) is 6.13. The first kappa shape index (κ1) is 16.6. The monoisotopic (exact) mass is 297 g/mol. The molecule has 22 heavy (non-hydrogen) atoms. The van der Waals surface area contributed by atoms with Crippen LogP contribution in [0.15, 0.2) is 48.5 Å². The molecule has 0 aliphatic rings. The van der Waals surface area contributed by atoms with E-state index in [1.165, 1.54) is 23.1 Å². The van der Waals surface area contributed by atoms with Gasteiger partial charge in [-0.3, -0.25) is 0 Å². The van der Waals surface area contributed by atoms with Gasteiger partial charge in [0.05, 0.1) is 6.61 Å². The van der Waals surface area contributed by atoms with Crippen molar-refractivity contribution in [2.45, 2.75) is 26.2 Å². The SMILES string of the molecule is Cc1ccc(Cc2ccccc2OCCCCN(C)C)cc1. The lowest BCUT2D eigenvalue weighted by Gasteiger charge is -2.13. The van der Waals surface area contributed by atoms with Crippen molar-refractivity contribution in [3.63, 3.8) is 0 Å². The molecule has 0 bridgehead atoms. The molecule has 118 valence electrons. The minimum atomic E-state index is 0.790. The number of ether oxygens (including phenoxy) is 1. The molecule has 0 heterocycles. The Bertz CT molecular complexity index is 560. The zero-order valence-electron chi connectivity index (χ0n) is 14.0. The fraction of sp³-hybridized carbons (Fsp3) is 0.400. The highest BCUT2D eigenvalue weighted by molar-refractivity contribution is 5.38. The third-order valence-corrected chi connectivity index (χ3v) is 3.75. The molecular formula is C20H27NO. The van der Waals surface area contributed by atoms with Crippen LogP contribution >= 0.6 is 0 Å². The Morgan fingerprint density at radius 2 is 1.64 bits per heavy atom. The highest BCUT2D eigenvalue weighted by Crippen LogP contribution is 2.22. The van der Waals surface area contributed by atoms with Crippen molar-refractivity contribution in [2.24, 2.45) is 0 Å². The summed E-state index contributed by atoms with van der Waals surface area (Å²) in [5.41, 5.74) is 3.89. The van der Waals surface area contributed by atoms with Crippen LogP contribution < -0.4 is 4.74 Å². The summed E-state index contributed by atoms with van der Waals surface area (Å²) in [5.74, 6) is 1.02. The molecule has 0 spiro atoms. The zero-order valence-corrected chi connectivity index (χ0v) is 14.0. The molecule has 0 unspecified atom stereocenters. The molecular weight excluding hydrogens is 270 g/mol. The van der Waals surface area contributed by atoms with Gasteiger partial charge in [0.25, 0.3) is 0 Å². The van der Waals surface area contributed by atoms with Gasteiger partial charge in [-0.1, -0.05) is 48.0 Å². The Morgan fingerprint density at radius 3 is 2.36 bits per heavy atom. The molecule has 0 saturated heterocycles. The Labute approximate surface area is 134 Å². The first-order valence-corrected chi connectivity index (χ1v) is 8.06. The van der Waals surface area contributed by atoms with Crippen LogP contribution in [0.4, 0.5) is 0 Å². The molecule has 2 aromatic rings. The largest absolute Gasteiger partial charge is 0.493 e. The van der Waals surface area contributed by atoms with Gasteiger partial charge >= 0.3 is 0 Å². The van der Waals surface area contributed by atoms with Crippen molar-refractivity contribution in [2.75, 3.05) is 27.2 Å². The summed E-state index contributed by atoms with van der Waals surface area (Å²) < 4.78 is 6.00. The summed E-state index contributed by atoms with van der Waals surface area (Å²) >= 11 is 0. The number of hydrogen-bond acceptors (Lipinski definition) is 2. The molecule has 2 rings (SSSR count). The summed E-state index contributed by atoms with van der Waals surface area (Å²) in [7, 11) is 4.22. The van der Waals surface area contributed by atoms with Gasteiger partial charge in [0.15, 0.2) is 0 Å².